The Labute approximate surface area is 256 Å². The second-order valence-electron chi connectivity index (χ2n) is 9.57. The summed E-state index contributed by atoms with van der Waals surface area (Å²) in [6.07, 6.45) is 1.85. The van der Waals surface area contributed by atoms with E-state index in [2.05, 4.69) is 15.9 Å². The van der Waals surface area contributed by atoms with Crippen molar-refractivity contribution in [1.82, 2.24) is 9.47 Å². The van der Waals surface area contributed by atoms with Gasteiger partial charge >= 0.3 is 0 Å². The van der Waals surface area contributed by atoms with Crippen molar-refractivity contribution in [2.24, 2.45) is 4.99 Å². The number of thiazole rings is 1. The van der Waals surface area contributed by atoms with Crippen LogP contribution in [0, 0.1) is 0 Å². The minimum Gasteiger partial charge on any atom is -0.488 e. The average molecular weight is 651 g/mol. The largest absolute Gasteiger partial charge is 0.488 e. The summed E-state index contributed by atoms with van der Waals surface area (Å²) in [5.41, 5.74) is 3.62. The molecular weight excluding hydrogens is 622 g/mol. The van der Waals surface area contributed by atoms with Gasteiger partial charge in [0.2, 0.25) is 0 Å². The highest BCUT2D eigenvalue weighted by Crippen LogP contribution is 2.32. The highest BCUT2D eigenvalue weighted by atomic mass is 79.9. The third-order valence-corrected chi connectivity index (χ3v) is 8.83. The van der Waals surface area contributed by atoms with E-state index in [0.717, 1.165) is 21.2 Å². The molecular formula is C32H29BrClN3O3S. The van der Waals surface area contributed by atoms with Crippen LogP contribution in [0.1, 0.15) is 43.5 Å². The van der Waals surface area contributed by atoms with Gasteiger partial charge in [0.1, 0.15) is 12.4 Å². The van der Waals surface area contributed by atoms with Gasteiger partial charge in [-0.3, -0.25) is 14.2 Å². The molecule has 210 valence electrons. The second kappa shape index (κ2) is 12.6. The van der Waals surface area contributed by atoms with Crippen LogP contribution in [0.3, 0.4) is 0 Å². The normalized spacial score (nSPS) is 15.0. The highest BCUT2D eigenvalue weighted by Gasteiger charge is 2.34. The number of rotatable bonds is 8. The molecule has 0 unspecified atom stereocenters. The Morgan fingerprint density at radius 3 is 2.46 bits per heavy atom. The predicted octanol–water partition coefficient (Wildman–Crippen LogP) is 6.10. The number of hydrogen-bond acceptors (Lipinski definition) is 5. The van der Waals surface area contributed by atoms with E-state index in [4.69, 9.17) is 21.3 Å². The van der Waals surface area contributed by atoms with Crippen LogP contribution in [-0.4, -0.2) is 28.5 Å². The third-order valence-electron chi connectivity index (χ3n) is 6.98. The van der Waals surface area contributed by atoms with Crippen molar-refractivity contribution < 1.29 is 9.53 Å². The molecule has 0 radical (unpaired) electrons. The number of allylic oxidation sites excluding steroid dienone is 1. The SMILES string of the molecule is CCN(CC)C(=O)C1=C(C)N=c2s/c(=C/c3ccc(OCc4ccccc4)c(Br)c3)c(=O)n2[C@H]1c1ccc(Cl)cc1. The van der Waals surface area contributed by atoms with E-state index >= 15 is 0 Å². The minimum atomic E-state index is -0.612. The maximum Gasteiger partial charge on any atom is 0.271 e. The summed E-state index contributed by atoms with van der Waals surface area (Å²) < 4.78 is 8.93. The quantitative estimate of drug-likeness (QED) is 0.232. The molecule has 0 saturated heterocycles. The van der Waals surface area contributed by atoms with Crippen molar-refractivity contribution >= 4 is 50.9 Å². The number of benzene rings is 3. The number of halogens is 2. The Kier molecular flexibility index (Phi) is 8.92. The van der Waals surface area contributed by atoms with Crippen LogP contribution >= 0.6 is 38.9 Å². The van der Waals surface area contributed by atoms with Gasteiger partial charge in [-0.1, -0.05) is 71.5 Å². The third kappa shape index (κ3) is 6.10. The molecule has 0 spiro atoms. The summed E-state index contributed by atoms with van der Waals surface area (Å²) in [4.78, 5) is 34.7. The zero-order valence-electron chi connectivity index (χ0n) is 22.9. The Hall–Kier alpha value is -3.46. The van der Waals surface area contributed by atoms with E-state index < -0.39 is 6.04 Å². The highest BCUT2D eigenvalue weighted by molar-refractivity contribution is 9.10. The molecule has 0 N–H and O–H groups in total. The summed E-state index contributed by atoms with van der Waals surface area (Å²) in [6, 6.07) is 22.4. The van der Waals surface area contributed by atoms with E-state index in [1.165, 1.54) is 11.3 Å². The van der Waals surface area contributed by atoms with Gasteiger partial charge in [-0.05, 0) is 83.7 Å². The Balaban J connectivity index is 1.55. The Morgan fingerprint density at radius 2 is 1.80 bits per heavy atom. The molecule has 1 aliphatic rings. The molecule has 0 saturated carbocycles. The fourth-order valence-corrected chi connectivity index (χ4v) is 6.53. The molecule has 4 aromatic rings. The van der Waals surface area contributed by atoms with E-state index in [0.29, 0.717) is 51.1 Å². The van der Waals surface area contributed by atoms with Gasteiger partial charge in [0.25, 0.3) is 11.5 Å². The average Bonchev–Trinajstić information content (AvgIpc) is 3.27. The number of amides is 1. The summed E-state index contributed by atoms with van der Waals surface area (Å²) in [5.74, 6) is 0.589. The fraction of sp³-hybridized carbons (Fsp3) is 0.219. The van der Waals surface area contributed by atoms with E-state index in [1.807, 2.05) is 87.5 Å². The zero-order valence-corrected chi connectivity index (χ0v) is 26.1. The number of fused-ring (bicyclic) bond motifs is 1. The number of ether oxygens (including phenoxy) is 1. The number of carbonyl (C=O) groups is 1. The lowest BCUT2D eigenvalue weighted by Crippen LogP contribution is -2.43. The number of aromatic nitrogens is 1. The van der Waals surface area contributed by atoms with Crippen molar-refractivity contribution in [3.63, 3.8) is 0 Å². The molecule has 1 aliphatic heterocycles. The van der Waals surface area contributed by atoms with E-state index in [-0.39, 0.29) is 11.5 Å². The Morgan fingerprint density at radius 1 is 1.10 bits per heavy atom. The van der Waals surface area contributed by atoms with Crippen molar-refractivity contribution in [1.29, 1.82) is 0 Å². The standard InChI is InChI=1S/C32H29BrClN3O3S/c1-4-36(5-2)31(39)28-20(3)35-32-37(29(28)23-12-14-24(34)15-13-23)30(38)27(41-32)18-22-11-16-26(25(33)17-22)40-19-21-9-7-6-8-10-21/h6-18,29H,4-5,19H2,1-3H3/b27-18+/t29-/m0/s1. The van der Waals surface area contributed by atoms with Crippen LogP contribution in [-0.2, 0) is 11.4 Å². The van der Waals surface area contributed by atoms with Crippen molar-refractivity contribution in [2.75, 3.05) is 13.1 Å². The lowest BCUT2D eigenvalue weighted by Gasteiger charge is -2.29. The molecule has 0 fully saturated rings. The lowest BCUT2D eigenvalue weighted by atomic mass is 9.94. The van der Waals surface area contributed by atoms with Gasteiger partial charge in [-0.2, -0.15) is 0 Å². The van der Waals surface area contributed by atoms with Crippen molar-refractivity contribution in [3.8, 4) is 5.75 Å². The molecule has 0 aliphatic carbocycles. The molecule has 1 aromatic heterocycles. The molecule has 41 heavy (non-hydrogen) atoms. The number of nitrogens with zero attached hydrogens (tertiary/aromatic N) is 3. The van der Waals surface area contributed by atoms with Gasteiger partial charge in [-0.25, -0.2) is 4.99 Å². The van der Waals surface area contributed by atoms with Crippen LogP contribution in [0.5, 0.6) is 5.75 Å². The van der Waals surface area contributed by atoms with Gasteiger partial charge in [0.15, 0.2) is 4.80 Å². The number of likely N-dealkylation sites (N-methyl/N-ethyl adjacent to an activating group) is 1. The second-order valence-corrected chi connectivity index (χ2v) is 11.9. The Bertz CT molecular complexity index is 1790. The van der Waals surface area contributed by atoms with Gasteiger partial charge in [0, 0.05) is 18.1 Å². The molecule has 2 heterocycles. The van der Waals surface area contributed by atoms with E-state index in [9.17, 15) is 9.59 Å². The monoisotopic (exact) mass is 649 g/mol. The molecule has 5 rings (SSSR count). The number of hydrogen-bond donors (Lipinski definition) is 0. The number of carbonyl (C=O) groups excluding carboxylic acids is 1. The summed E-state index contributed by atoms with van der Waals surface area (Å²) >= 11 is 11.1. The molecule has 1 atom stereocenters. The first kappa shape index (κ1) is 29.0. The summed E-state index contributed by atoms with van der Waals surface area (Å²) in [7, 11) is 0. The molecule has 9 heteroatoms. The van der Waals surface area contributed by atoms with Crippen LogP contribution in [0.4, 0.5) is 0 Å². The molecule has 3 aromatic carbocycles. The first-order valence-electron chi connectivity index (χ1n) is 13.3. The van der Waals surface area contributed by atoms with Gasteiger partial charge < -0.3 is 9.64 Å². The van der Waals surface area contributed by atoms with Crippen LogP contribution in [0.25, 0.3) is 6.08 Å². The molecule has 0 bridgehead atoms. The smallest absolute Gasteiger partial charge is 0.271 e. The predicted molar refractivity (Wildman–Crippen MR) is 168 cm³/mol. The first-order chi connectivity index (χ1) is 19.8. The van der Waals surface area contributed by atoms with E-state index in [1.54, 1.807) is 21.6 Å². The van der Waals surface area contributed by atoms with Crippen LogP contribution < -0.4 is 19.6 Å². The maximum atomic E-state index is 13.9. The molecule has 6 nitrogen and oxygen atoms in total. The summed E-state index contributed by atoms with van der Waals surface area (Å²) in [6.45, 7) is 7.30. The van der Waals surface area contributed by atoms with Gasteiger partial charge in [-0.15, -0.1) is 0 Å². The fourth-order valence-electron chi connectivity index (χ4n) is 4.85. The van der Waals surface area contributed by atoms with Crippen LogP contribution in [0.2, 0.25) is 5.02 Å². The van der Waals surface area contributed by atoms with Crippen molar-refractivity contribution in [3.05, 3.63) is 130 Å². The van der Waals surface area contributed by atoms with Gasteiger partial charge in [0.05, 0.1) is 26.3 Å². The lowest BCUT2D eigenvalue weighted by molar-refractivity contribution is -0.127. The summed E-state index contributed by atoms with van der Waals surface area (Å²) in [5, 5.41) is 0.584. The topological polar surface area (TPSA) is 63.9 Å². The molecule has 1 amide bonds. The van der Waals surface area contributed by atoms with Crippen LogP contribution in [0.15, 0.2) is 98.3 Å². The maximum absolute atomic E-state index is 13.9. The minimum absolute atomic E-state index is 0.125. The first-order valence-corrected chi connectivity index (χ1v) is 15.3. The van der Waals surface area contributed by atoms with Crippen molar-refractivity contribution in [2.45, 2.75) is 33.4 Å². The zero-order chi connectivity index (χ0) is 29.1.